The number of nitrogens with zero attached hydrogens (tertiary/aromatic N) is 3. The van der Waals surface area contributed by atoms with Crippen LogP contribution >= 0.6 is 0 Å². The van der Waals surface area contributed by atoms with Crippen molar-refractivity contribution in [3.8, 4) is 0 Å². The molecule has 8 nitrogen and oxygen atoms in total. The van der Waals surface area contributed by atoms with Crippen molar-refractivity contribution in [3.05, 3.63) is 0 Å². The van der Waals surface area contributed by atoms with Gasteiger partial charge in [0.05, 0.1) is 19.3 Å². The fourth-order valence-electron chi connectivity index (χ4n) is 2.39. The standard InChI is InChI=1S/C10H13FN4O4/c11-5-7(17)4(1-16)19-10(5)15-3-14-6-8(15)12-2-13-9(6)18/h2-8,10,16-17H,1H2,(H,12,13,18). The van der Waals surface area contributed by atoms with Crippen LogP contribution in [0.1, 0.15) is 0 Å². The Morgan fingerprint density at radius 3 is 3.00 bits per heavy atom. The maximum Gasteiger partial charge on any atom is 0.254 e. The van der Waals surface area contributed by atoms with Gasteiger partial charge in [0.15, 0.2) is 24.6 Å². The second-order valence-corrected chi connectivity index (χ2v) is 4.54. The molecule has 6 atom stereocenters. The van der Waals surface area contributed by atoms with Crippen LogP contribution in [0, 0.1) is 0 Å². The largest absolute Gasteiger partial charge is 0.394 e. The van der Waals surface area contributed by atoms with Gasteiger partial charge < -0.3 is 25.2 Å². The second kappa shape index (κ2) is 4.51. The van der Waals surface area contributed by atoms with Gasteiger partial charge in [-0.2, -0.15) is 0 Å². The third kappa shape index (κ3) is 1.81. The number of fused-ring (bicyclic) bond motifs is 1. The van der Waals surface area contributed by atoms with E-state index in [0.717, 1.165) is 0 Å². The predicted molar refractivity (Wildman–Crippen MR) is 61.2 cm³/mol. The van der Waals surface area contributed by atoms with Crippen molar-refractivity contribution < 1.29 is 24.1 Å². The first-order valence-electron chi connectivity index (χ1n) is 5.84. The van der Waals surface area contributed by atoms with Crippen LogP contribution in [-0.4, -0.2) is 77.1 Å². The first-order chi connectivity index (χ1) is 9.13. The SMILES string of the molecule is O=C1NC=NC2C1N=CN2C1OC(CO)C(O)C1F. The highest BCUT2D eigenvalue weighted by molar-refractivity contribution is 5.96. The molecule has 3 rings (SSSR count). The molecule has 3 aliphatic rings. The number of nitrogens with one attached hydrogen (secondary N) is 1. The third-order valence-electron chi connectivity index (χ3n) is 3.42. The molecule has 3 heterocycles. The van der Waals surface area contributed by atoms with Crippen LogP contribution in [0.2, 0.25) is 0 Å². The highest BCUT2D eigenvalue weighted by atomic mass is 19.1. The molecule has 1 saturated heterocycles. The van der Waals surface area contributed by atoms with Gasteiger partial charge in [-0.15, -0.1) is 0 Å². The third-order valence-corrected chi connectivity index (χ3v) is 3.42. The molecule has 0 aromatic carbocycles. The second-order valence-electron chi connectivity index (χ2n) is 4.54. The highest BCUT2D eigenvalue weighted by Crippen LogP contribution is 2.30. The quantitative estimate of drug-likeness (QED) is 0.519. The molecule has 1 fully saturated rings. The van der Waals surface area contributed by atoms with Gasteiger partial charge in [-0.3, -0.25) is 9.79 Å². The zero-order valence-corrected chi connectivity index (χ0v) is 9.76. The molecule has 0 saturated carbocycles. The summed E-state index contributed by atoms with van der Waals surface area (Å²) in [5, 5.41) is 21.0. The highest BCUT2D eigenvalue weighted by Gasteiger charge is 2.51. The van der Waals surface area contributed by atoms with Gasteiger partial charge in [0.1, 0.15) is 12.2 Å². The van der Waals surface area contributed by atoms with Gasteiger partial charge in [-0.1, -0.05) is 0 Å². The molecule has 0 radical (unpaired) electrons. The van der Waals surface area contributed by atoms with Crippen LogP contribution in [-0.2, 0) is 9.53 Å². The summed E-state index contributed by atoms with van der Waals surface area (Å²) < 4.78 is 19.2. The Balaban J connectivity index is 1.81. The maximum atomic E-state index is 14.0. The van der Waals surface area contributed by atoms with E-state index in [-0.39, 0.29) is 5.91 Å². The van der Waals surface area contributed by atoms with Crippen LogP contribution < -0.4 is 5.32 Å². The predicted octanol–water partition coefficient (Wildman–Crippen LogP) is -2.40. The molecule has 3 aliphatic heterocycles. The molecule has 1 amide bonds. The fraction of sp³-hybridized carbons (Fsp3) is 0.700. The lowest BCUT2D eigenvalue weighted by Gasteiger charge is -2.31. The Kier molecular flexibility index (Phi) is 2.96. The number of rotatable bonds is 2. The van der Waals surface area contributed by atoms with Gasteiger partial charge in [0.2, 0.25) is 0 Å². The molecule has 19 heavy (non-hydrogen) atoms. The number of alkyl halides is 1. The van der Waals surface area contributed by atoms with Crippen LogP contribution in [0.4, 0.5) is 4.39 Å². The lowest BCUT2D eigenvalue weighted by Crippen LogP contribution is -2.52. The molecule has 0 aromatic heterocycles. The minimum atomic E-state index is -1.71. The Morgan fingerprint density at radius 1 is 1.53 bits per heavy atom. The lowest BCUT2D eigenvalue weighted by atomic mass is 10.1. The number of aliphatic imine (C=N–C) groups is 2. The van der Waals surface area contributed by atoms with E-state index in [4.69, 9.17) is 9.84 Å². The summed E-state index contributed by atoms with van der Waals surface area (Å²) in [6.45, 7) is -0.485. The average molecular weight is 272 g/mol. The van der Waals surface area contributed by atoms with E-state index in [9.17, 15) is 14.3 Å². The molecule has 9 heteroatoms. The number of carbonyl (C=O) groups is 1. The zero-order valence-electron chi connectivity index (χ0n) is 9.76. The van der Waals surface area contributed by atoms with Crippen molar-refractivity contribution in [2.24, 2.45) is 9.98 Å². The van der Waals surface area contributed by atoms with E-state index >= 15 is 0 Å². The van der Waals surface area contributed by atoms with Crippen LogP contribution in [0.25, 0.3) is 0 Å². The molecule has 0 aromatic rings. The molecule has 6 unspecified atom stereocenters. The maximum absolute atomic E-state index is 14.0. The van der Waals surface area contributed by atoms with E-state index in [1.54, 1.807) is 0 Å². The first kappa shape index (κ1) is 12.5. The van der Waals surface area contributed by atoms with E-state index in [2.05, 4.69) is 15.3 Å². The van der Waals surface area contributed by atoms with Crippen LogP contribution in [0.3, 0.4) is 0 Å². The van der Waals surface area contributed by atoms with Gasteiger partial charge in [0, 0.05) is 0 Å². The summed E-state index contributed by atoms with van der Waals surface area (Å²) >= 11 is 0. The van der Waals surface area contributed by atoms with Crippen molar-refractivity contribution in [2.75, 3.05) is 6.61 Å². The Hall–Kier alpha value is -1.58. The summed E-state index contributed by atoms with van der Waals surface area (Å²) in [4.78, 5) is 20.9. The number of hydrogen-bond donors (Lipinski definition) is 3. The number of amides is 1. The summed E-state index contributed by atoms with van der Waals surface area (Å²) in [6, 6.07) is -0.744. The summed E-state index contributed by atoms with van der Waals surface area (Å²) in [5.41, 5.74) is 0. The van der Waals surface area contributed by atoms with Crippen LogP contribution in [0.15, 0.2) is 9.98 Å². The Labute approximate surface area is 107 Å². The number of halogens is 1. The lowest BCUT2D eigenvalue weighted by molar-refractivity contribution is -0.123. The number of ether oxygens (including phenoxy) is 1. The molecule has 0 spiro atoms. The van der Waals surface area contributed by atoms with Gasteiger partial charge in [-0.05, 0) is 0 Å². The fourth-order valence-corrected chi connectivity index (χ4v) is 2.39. The smallest absolute Gasteiger partial charge is 0.254 e. The van der Waals surface area contributed by atoms with Gasteiger partial charge in [0.25, 0.3) is 5.91 Å². The molecular weight excluding hydrogens is 259 g/mol. The molecule has 104 valence electrons. The van der Waals surface area contributed by atoms with Crippen LogP contribution in [0.5, 0.6) is 0 Å². The number of hydrogen-bond acceptors (Lipinski definition) is 7. The summed E-state index contributed by atoms with van der Waals surface area (Å²) in [7, 11) is 0. The van der Waals surface area contributed by atoms with E-state index in [1.807, 2.05) is 0 Å². The van der Waals surface area contributed by atoms with Crippen molar-refractivity contribution in [1.82, 2.24) is 10.2 Å². The van der Waals surface area contributed by atoms with Crippen molar-refractivity contribution >= 4 is 18.6 Å². The van der Waals surface area contributed by atoms with Crippen molar-refractivity contribution in [3.63, 3.8) is 0 Å². The Morgan fingerprint density at radius 2 is 2.32 bits per heavy atom. The molecule has 0 aliphatic carbocycles. The average Bonchev–Trinajstić information content (AvgIpc) is 2.94. The number of carbonyl (C=O) groups excluding carboxylic acids is 1. The summed E-state index contributed by atoms with van der Waals surface area (Å²) in [6.07, 6.45) is -3.38. The minimum Gasteiger partial charge on any atom is -0.394 e. The topological polar surface area (TPSA) is 107 Å². The molecule has 3 N–H and O–H groups in total. The first-order valence-corrected chi connectivity index (χ1v) is 5.84. The molecule has 0 bridgehead atoms. The zero-order chi connectivity index (χ0) is 13.6. The summed E-state index contributed by atoms with van der Waals surface area (Å²) in [5.74, 6) is -0.327. The van der Waals surface area contributed by atoms with Crippen molar-refractivity contribution in [1.29, 1.82) is 0 Å². The van der Waals surface area contributed by atoms with E-state index in [0.29, 0.717) is 0 Å². The van der Waals surface area contributed by atoms with Gasteiger partial charge >= 0.3 is 0 Å². The minimum absolute atomic E-state index is 0.327. The van der Waals surface area contributed by atoms with Gasteiger partial charge in [-0.25, -0.2) is 9.38 Å². The number of aliphatic hydroxyl groups excluding tert-OH is 2. The van der Waals surface area contributed by atoms with E-state index in [1.165, 1.54) is 17.6 Å². The van der Waals surface area contributed by atoms with E-state index < -0.39 is 43.4 Å². The normalized spacial score (nSPS) is 44.6. The Bertz CT molecular complexity index is 445. The van der Waals surface area contributed by atoms with Crippen molar-refractivity contribution in [2.45, 2.75) is 36.8 Å². The molecular formula is C10H13FN4O4. The monoisotopic (exact) mass is 272 g/mol. The number of aliphatic hydroxyl groups is 2.